The Labute approximate surface area is 156 Å². The first-order valence-electron chi connectivity index (χ1n) is 8.70. The highest BCUT2D eigenvalue weighted by atomic mass is 16.4. The van der Waals surface area contributed by atoms with Crippen LogP contribution in [0, 0.1) is 0 Å². The van der Waals surface area contributed by atoms with Gasteiger partial charge in [-0.2, -0.15) is 0 Å². The van der Waals surface area contributed by atoms with Crippen LogP contribution in [0.25, 0.3) is 11.0 Å². The van der Waals surface area contributed by atoms with Crippen molar-refractivity contribution in [1.82, 2.24) is 0 Å². The Balaban J connectivity index is 1.59. The van der Waals surface area contributed by atoms with Crippen LogP contribution in [-0.4, -0.2) is 5.71 Å². The van der Waals surface area contributed by atoms with Gasteiger partial charge in [-0.3, -0.25) is 4.99 Å². The molecule has 0 aliphatic heterocycles. The van der Waals surface area contributed by atoms with E-state index in [0.29, 0.717) is 16.9 Å². The molecule has 132 valence electrons. The quantitative estimate of drug-likeness (QED) is 0.379. The zero-order valence-electron chi connectivity index (χ0n) is 14.8. The van der Waals surface area contributed by atoms with Crippen LogP contribution in [0.1, 0.15) is 12.5 Å². The van der Waals surface area contributed by atoms with E-state index in [-0.39, 0.29) is 5.63 Å². The molecule has 0 unspecified atom stereocenters. The summed E-state index contributed by atoms with van der Waals surface area (Å²) in [5.74, 6) is 0. The van der Waals surface area contributed by atoms with E-state index in [0.717, 1.165) is 22.4 Å². The summed E-state index contributed by atoms with van der Waals surface area (Å²) >= 11 is 0. The minimum atomic E-state index is -0.377. The predicted octanol–water partition coefficient (Wildman–Crippen LogP) is 5.68. The van der Waals surface area contributed by atoms with Crippen molar-refractivity contribution in [3.05, 3.63) is 101 Å². The molecule has 0 atom stereocenters. The maximum Gasteiger partial charge on any atom is 0.345 e. The zero-order chi connectivity index (χ0) is 18.6. The fourth-order valence-electron chi connectivity index (χ4n) is 2.88. The van der Waals surface area contributed by atoms with Gasteiger partial charge in [-0.05, 0) is 55.5 Å². The van der Waals surface area contributed by atoms with E-state index >= 15 is 0 Å². The number of aliphatic imine (C=N–C) groups is 1. The summed E-state index contributed by atoms with van der Waals surface area (Å²) in [6, 6.07) is 27.0. The van der Waals surface area contributed by atoms with Crippen molar-refractivity contribution in [3.63, 3.8) is 0 Å². The lowest BCUT2D eigenvalue weighted by molar-refractivity contribution is 0.559. The number of rotatable bonds is 4. The molecule has 3 aromatic carbocycles. The lowest BCUT2D eigenvalue weighted by atomic mass is 10.1. The summed E-state index contributed by atoms with van der Waals surface area (Å²) in [5.41, 5.74) is 4.08. The van der Waals surface area contributed by atoms with Crippen molar-refractivity contribution in [3.8, 4) is 0 Å². The molecule has 0 aliphatic rings. The fraction of sp³-hybridized carbons (Fsp3) is 0.0435. The smallest absolute Gasteiger partial charge is 0.345 e. The van der Waals surface area contributed by atoms with E-state index < -0.39 is 0 Å². The van der Waals surface area contributed by atoms with Crippen LogP contribution in [-0.2, 0) is 0 Å². The second-order valence-electron chi connectivity index (χ2n) is 6.22. The number of benzene rings is 3. The molecule has 0 saturated carbocycles. The van der Waals surface area contributed by atoms with Gasteiger partial charge in [0.05, 0.1) is 17.0 Å². The molecule has 0 amide bonds. The van der Waals surface area contributed by atoms with Crippen LogP contribution in [0.15, 0.2) is 99.1 Å². The van der Waals surface area contributed by atoms with E-state index in [1.54, 1.807) is 6.07 Å². The topological polar surface area (TPSA) is 54.6 Å². The Morgan fingerprint density at radius 3 is 2.30 bits per heavy atom. The third kappa shape index (κ3) is 3.80. The molecule has 27 heavy (non-hydrogen) atoms. The average Bonchev–Trinajstić information content (AvgIpc) is 2.69. The summed E-state index contributed by atoms with van der Waals surface area (Å²) in [6.07, 6.45) is 0. The third-order valence-electron chi connectivity index (χ3n) is 4.26. The number of nitrogens with one attached hydrogen (secondary N) is 1. The summed E-state index contributed by atoms with van der Waals surface area (Å²) < 4.78 is 5.39. The molecule has 1 N–H and O–H groups in total. The van der Waals surface area contributed by atoms with Crippen molar-refractivity contribution >= 4 is 33.7 Å². The molecule has 0 radical (unpaired) electrons. The highest BCUT2D eigenvalue weighted by molar-refractivity contribution is 6.01. The number of nitrogens with zero attached hydrogens (tertiary/aromatic N) is 1. The van der Waals surface area contributed by atoms with Crippen molar-refractivity contribution in [1.29, 1.82) is 0 Å². The van der Waals surface area contributed by atoms with E-state index in [1.165, 1.54) is 0 Å². The molecule has 4 aromatic rings. The zero-order valence-corrected chi connectivity index (χ0v) is 14.8. The highest BCUT2D eigenvalue weighted by Crippen LogP contribution is 2.21. The molecule has 0 aliphatic carbocycles. The third-order valence-corrected chi connectivity index (χ3v) is 4.26. The predicted molar refractivity (Wildman–Crippen MR) is 111 cm³/mol. The summed E-state index contributed by atoms with van der Waals surface area (Å²) in [4.78, 5) is 16.8. The van der Waals surface area contributed by atoms with Crippen LogP contribution in [0.5, 0.6) is 0 Å². The van der Waals surface area contributed by atoms with E-state index in [1.807, 2.05) is 85.8 Å². The van der Waals surface area contributed by atoms with Gasteiger partial charge in [-0.25, -0.2) is 4.79 Å². The minimum absolute atomic E-state index is 0.377. The molecule has 4 heteroatoms. The van der Waals surface area contributed by atoms with Crippen molar-refractivity contribution in [2.75, 3.05) is 5.32 Å². The summed E-state index contributed by atoms with van der Waals surface area (Å²) in [5, 5.41) is 4.21. The van der Waals surface area contributed by atoms with Crippen LogP contribution in [0.4, 0.5) is 17.1 Å². The number of fused-ring (bicyclic) bond motifs is 1. The van der Waals surface area contributed by atoms with E-state index in [2.05, 4.69) is 10.3 Å². The molecule has 0 saturated heterocycles. The number of hydrogen-bond donors (Lipinski definition) is 1. The molecular weight excluding hydrogens is 336 g/mol. The first-order chi connectivity index (χ1) is 13.2. The van der Waals surface area contributed by atoms with Gasteiger partial charge < -0.3 is 9.73 Å². The lowest BCUT2D eigenvalue weighted by Gasteiger charge is -2.06. The van der Waals surface area contributed by atoms with Gasteiger partial charge in [0.1, 0.15) is 5.58 Å². The van der Waals surface area contributed by atoms with Gasteiger partial charge in [0.15, 0.2) is 0 Å². The molecule has 0 fully saturated rings. The standard InChI is InChI=1S/C23H18N2O2/c1-16(21-15-17-7-5-6-10-22(17)27-23(21)26)24-19-11-13-20(14-12-19)25-18-8-3-2-4-9-18/h2-15,25H,1H3. The average molecular weight is 354 g/mol. The van der Waals surface area contributed by atoms with Gasteiger partial charge in [0.25, 0.3) is 0 Å². The molecular formula is C23H18N2O2. The van der Waals surface area contributed by atoms with Gasteiger partial charge in [-0.1, -0.05) is 36.4 Å². The Morgan fingerprint density at radius 2 is 1.52 bits per heavy atom. The van der Waals surface area contributed by atoms with Gasteiger partial charge in [0.2, 0.25) is 0 Å². The monoisotopic (exact) mass is 354 g/mol. The lowest BCUT2D eigenvalue weighted by Crippen LogP contribution is -2.11. The van der Waals surface area contributed by atoms with Crippen LogP contribution in [0.3, 0.4) is 0 Å². The molecule has 1 aromatic heterocycles. The maximum atomic E-state index is 12.3. The number of hydrogen-bond acceptors (Lipinski definition) is 4. The van der Waals surface area contributed by atoms with Crippen molar-refractivity contribution in [2.24, 2.45) is 4.99 Å². The van der Waals surface area contributed by atoms with Crippen molar-refractivity contribution < 1.29 is 4.42 Å². The Bertz CT molecular complexity index is 1160. The molecule has 1 heterocycles. The molecule has 4 rings (SSSR count). The number of para-hydroxylation sites is 2. The maximum absolute atomic E-state index is 12.3. The van der Waals surface area contributed by atoms with Gasteiger partial charge >= 0.3 is 5.63 Å². The number of anilines is 2. The van der Waals surface area contributed by atoms with Gasteiger partial charge in [-0.15, -0.1) is 0 Å². The first kappa shape index (κ1) is 16.8. The summed E-state index contributed by atoms with van der Waals surface area (Å²) in [6.45, 7) is 1.82. The molecule has 4 nitrogen and oxygen atoms in total. The van der Waals surface area contributed by atoms with E-state index in [4.69, 9.17) is 4.42 Å². The largest absolute Gasteiger partial charge is 0.422 e. The first-order valence-corrected chi connectivity index (χ1v) is 8.70. The minimum Gasteiger partial charge on any atom is -0.422 e. The highest BCUT2D eigenvalue weighted by Gasteiger charge is 2.08. The molecule has 0 spiro atoms. The SMILES string of the molecule is CC(=Nc1ccc(Nc2ccccc2)cc1)c1cc2ccccc2oc1=O. The summed E-state index contributed by atoms with van der Waals surface area (Å²) in [7, 11) is 0. The Hall–Kier alpha value is -3.66. The second-order valence-corrected chi connectivity index (χ2v) is 6.22. The van der Waals surface area contributed by atoms with Crippen LogP contribution < -0.4 is 10.9 Å². The van der Waals surface area contributed by atoms with Crippen LogP contribution >= 0.6 is 0 Å². The normalized spacial score (nSPS) is 11.5. The van der Waals surface area contributed by atoms with Gasteiger partial charge in [0, 0.05) is 16.8 Å². The van der Waals surface area contributed by atoms with Crippen LogP contribution in [0.2, 0.25) is 0 Å². The fourth-order valence-corrected chi connectivity index (χ4v) is 2.88. The van der Waals surface area contributed by atoms with E-state index in [9.17, 15) is 4.79 Å². The Morgan fingerprint density at radius 1 is 0.852 bits per heavy atom. The second kappa shape index (κ2) is 7.30. The van der Waals surface area contributed by atoms with Crippen molar-refractivity contribution in [2.45, 2.75) is 6.92 Å². The molecule has 0 bridgehead atoms. The Kier molecular flexibility index (Phi) is 4.54.